The van der Waals surface area contributed by atoms with Crippen LogP contribution in [0.4, 0.5) is 0 Å². The SMILES string of the molecule is NCc1scnc1-c1scc2c1OCCO2. The summed E-state index contributed by atoms with van der Waals surface area (Å²) in [5.74, 6) is 1.64. The fraction of sp³-hybridized carbons (Fsp3) is 0.300. The smallest absolute Gasteiger partial charge is 0.181 e. The second-order valence-electron chi connectivity index (χ2n) is 3.28. The van der Waals surface area contributed by atoms with Crippen molar-refractivity contribution in [2.45, 2.75) is 6.54 Å². The summed E-state index contributed by atoms with van der Waals surface area (Å²) in [4.78, 5) is 6.46. The van der Waals surface area contributed by atoms with Crippen molar-refractivity contribution in [3.63, 3.8) is 0 Å². The lowest BCUT2D eigenvalue weighted by molar-refractivity contribution is 0.174. The Labute approximate surface area is 101 Å². The van der Waals surface area contributed by atoms with E-state index in [2.05, 4.69) is 4.98 Å². The van der Waals surface area contributed by atoms with E-state index in [-0.39, 0.29) is 0 Å². The van der Waals surface area contributed by atoms with Crippen LogP contribution in [0.15, 0.2) is 10.9 Å². The molecule has 1 aliphatic rings. The van der Waals surface area contributed by atoms with Crippen molar-refractivity contribution in [3.8, 4) is 22.1 Å². The van der Waals surface area contributed by atoms with E-state index in [0.717, 1.165) is 26.9 Å². The topological polar surface area (TPSA) is 57.4 Å². The van der Waals surface area contributed by atoms with Gasteiger partial charge >= 0.3 is 0 Å². The molecule has 0 fully saturated rings. The van der Waals surface area contributed by atoms with Crippen LogP contribution in [0.3, 0.4) is 0 Å². The molecule has 3 rings (SSSR count). The summed E-state index contributed by atoms with van der Waals surface area (Å²) >= 11 is 3.16. The molecule has 0 saturated heterocycles. The first-order valence-electron chi connectivity index (χ1n) is 4.90. The van der Waals surface area contributed by atoms with E-state index in [1.54, 1.807) is 22.7 Å². The van der Waals surface area contributed by atoms with Gasteiger partial charge in [-0.05, 0) is 0 Å². The number of ether oxygens (including phenoxy) is 2. The molecule has 0 unspecified atom stereocenters. The second kappa shape index (κ2) is 4.04. The van der Waals surface area contributed by atoms with Gasteiger partial charge in [0.2, 0.25) is 0 Å². The van der Waals surface area contributed by atoms with Crippen molar-refractivity contribution in [1.82, 2.24) is 4.98 Å². The quantitative estimate of drug-likeness (QED) is 0.891. The summed E-state index contributed by atoms with van der Waals surface area (Å²) in [5, 5.41) is 1.96. The highest BCUT2D eigenvalue weighted by Gasteiger charge is 2.22. The number of nitrogens with zero attached hydrogens (tertiary/aromatic N) is 1. The summed E-state index contributed by atoms with van der Waals surface area (Å²) in [6.45, 7) is 1.72. The molecule has 16 heavy (non-hydrogen) atoms. The fourth-order valence-corrected chi connectivity index (χ4v) is 3.29. The Kier molecular flexibility index (Phi) is 2.55. The summed E-state index contributed by atoms with van der Waals surface area (Å²) < 4.78 is 11.1. The van der Waals surface area contributed by atoms with Gasteiger partial charge in [-0.1, -0.05) is 0 Å². The third kappa shape index (κ3) is 1.50. The average Bonchev–Trinajstić information content (AvgIpc) is 2.94. The van der Waals surface area contributed by atoms with Crippen molar-refractivity contribution < 1.29 is 9.47 Å². The second-order valence-corrected chi connectivity index (χ2v) is 5.10. The molecular formula is C10H10N2O2S2. The maximum atomic E-state index is 5.68. The minimum absolute atomic E-state index is 0.507. The lowest BCUT2D eigenvalue weighted by Gasteiger charge is -2.15. The third-order valence-corrected chi connectivity index (χ3v) is 4.14. The van der Waals surface area contributed by atoms with Gasteiger partial charge in [0, 0.05) is 16.8 Å². The zero-order valence-corrected chi connectivity index (χ0v) is 10.1. The third-order valence-electron chi connectivity index (χ3n) is 2.34. The number of thiophene rings is 1. The largest absolute Gasteiger partial charge is 0.485 e. The van der Waals surface area contributed by atoms with Gasteiger partial charge in [0.25, 0.3) is 0 Å². The van der Waals surface area contributed by atoms with Crippen molar-refractivity contribution >= 4 is 22.7 Å². The molecule has 3 heterocycles. The number of fused-ring (bicyclic) bond motifs is 1. The molecule has 4 nitrogen and oxygen atoms in total. The Balaban J connectivity index is 2.09. The van der Waals surface area contributed by atoms with E-state index < -0.39 is 0 Å². The molecule has 2 aromatic rings. The van der Waals surface area contributed by atoms with E-state index in [1.807, 2.05) is 10.9 Å². The molecule has 0 saturated carbocycles. The van der Waals surface area contributed by atoms with Crippen LogP contribution in [-0.4, -0.2) is 18.2 Å². The van der Waals surface area contributed by atoms with Crippen LogP contribution in [0.1, 0.15) is 4.88 Å². The van der Waals surface area contributed by atoms with Gasteiger partial charge in [0.15, 0.2) is 11.5 Å². The molecule has 0 spiro atoms. The zero-order chi connectivity index (χ0) is 11.0. The van der Waals surface area contributed by atoms with Crippen molar-refractivity contribution in [3.05, 3.63) is 15.8 Å². The monoisotopic (exact) mass is 254 g/mol. The lowest BCUT2D eigenvalue weighted by atomic mass is 10.2. The summed E-state index contributed by atoms with van der Waals surface area (Å²) in [5.41, 5.74) is 8.43. The Morgan fingerprint density at radius 3 is 3.06 bits per heavy atom. The normalized spacial score (nSPS) is 14.1. The van der Waals surface area contributed by atoms with Gasteiger partial charge in [-0.3, -0.25) is 0 Å². The summed E-state index contributed by atoms with van der Waals surface area (Å²) in [6, 6.07) is 0. The number of aromatic nitrogens is 1. The molecule has 0 aromatic carbocycles. The lowest BCUT2D eigenvalue weighted by Crippen LogP contribution is -2.14. The summed E-state index contributed by atoms with van der Waals surface area (Å²) in [7, 11) is 0. The number of thiazole rings is 1. The predicted molar refractivity (Wildman–Crippen MR) is 64.3 cm³/mol. The van der Waals surface area contributed by atoms with Crippen molar-refractivity contribution in [1.29, 1.82) is 0 Å². The minimum atomic E-state index is 0.507. The van der Waals surface area contributed by atoms with Crippen LogP contribution in [0.25, 0.3) is 10.6 Å². The van der Waals surface area contributed by atoms with Crippen LogP contribution in [-0.2, 0) is 6.54 Å². The molecule has 0 radical (unpaired) electrons. The Morgan fingerprint density at radius 1 is 1.31 bits per heavy atom. The average molecular weight is 254 g/mol. The standard InChI is InChI=1S/C10H10N2O2S2/c11-3-7-8(12-5-16-7)10-9-6(4-15-10)13-1-2-14-9/h4-5H,1-3,11H2. The van der Waals surface area contributed by atoms with Crippen molar-refractivity contribution in [2.75, 3.05) is 13.2 Å². The van der Waals surface area contributed by atoms with E-state index in [4.69, 9.17) is 15.2 Å². The Bertz CT molecular complexity index is 507. The van der Waals surface area contributed by atoms with E-state index in [9.17, 15) is 0 Å². The van der Waals surface area contributed by atoms with E-state index in [1.165, 1.54) is 0 Å². The first kappa shape index (κ1) is 10.1. The maximum absolute atomic E-state index is 5.68. The van der Waals surface area contributed by atoms with Gasteiger partial charge in [0.1, 0.15) is 13.2 Å². The Hall–Kier alpha value is -1.11. The molecule has 0 amide bonds. The van der Waals surface area contributed by atoms with Gasteiger partial charge in [0.05, 0.1) is 16.1 Å². The molecule has 0 atom stereocenters. The predicted octanol–water partition coefficient (Wildman–Crippen LogP) is 2.10. The highest BCUT2D eigenvalue weighted by atomic mass is 32.1. The van der Waals surface area contributed by atoms with Gasteiger partial charge in [-0.2, -0.15) is 0 Å². The van der Waals surface area contributed by atoms with Crippen LogP contribution < -0.4 is 15.2 Å². The molecule has 6 heteroatoms. The molecule has 0 bridgehead atoms. The highest BCUT2D eigenvalue weighted by molar-refractivity contribution is 7.15. The van der Waals surface area contributed by atoms with Gasteiger partial charge in [-0.15, -0.1) is 22.7 Å². The first-order valence-corrected chi connectivity index (χ1v) is 6.66. The fourth-order valence-electron chi connectivity index (χ4n) is 1.63. The van der Waals surface area contributed by atoms with Crippen LogP contribution >= 0.6 is 22.7 Å². The number of nitrogens with two attached hydrogens (primary N) is 1. The minimum Gasteiger partial charge on any atom is -0.485 e. The number of hydrogen-bond acceptors (Lipinski definition) is 6. The van der Waals surface area contributed by atoms with Crippen LogP contribution in [0.2, 0.25) is 0 Å². The molecular weight excluding hydrogens is 244 g/mol. The molecule has 0 aliphatic carbocycles. The van der Waals surface area contributed by atoms with Gasteiger partial charge in [-0.25, -0.2) is 4.98 Å². The highest BCUT2D eigenvalue weighted by Crippen LogP contribution is 2.46. The molecule has 1 aliphatic heterocycles. The number of hydrogen-bond donors (Lipinski definition) is 1. The zero-order valence-electron chi connectivity index (χ0n) is 8.43. The molecule has 2 aromatic heterocycles. The Morgan fingerprint density at radius 2 is 2.19 bits per heavy atom. The van der Waals surface area contributed by atoms with Gasteiger partial charge < -0.3 is 15.2 Å². The summed E-state index contributed by atoms with van der Waals surface area (Å²) in [6.07, 6.45) is 0. The van der Waals surface area contributed by atoms with Crippen molar-refractivity contribution in [2.24, 2.45) is 5.73 Å². The maximum Gasteiger partial charge on any atom is 0.181 e. The van der Waals surface area contributed by atoms with Crippen LogP contribution in [0.5, 0.6) is 11.5 Å². The van der Waals surface area contributed by atoms with E-state index >= 15 is 0 Å². The molecule has 2 N–H and O–H groups in total. The molecule has 84 valence electrons. The first-order chi connectivity index (χ1) is 7.90. The number of rotatable bonds is 2. The van der Waals surface area contributed by atoms with Crippen LogP contribution in [0, 0.1) is 0 Å². The van der Waals surface area contributed by atoms with E-state index in [0.29, 0.717) is 19.8 Å².